The van der Waals surface area contributed by atoms with Crippen molar-refractivity contribution in [2.75, 3.05) is 19.6 Å². The van der Waals surface area contributed by atoms with E-state index in [2.05, 4.69) is 27.4 Å². The Hall–Kier alpha value is -3.20. The standard InChI is InChI=1S/C17H19N3OS.2C2HF3O2/c21-17-16-12-19(11-15-2-1-7-22-15)9-14(16)10-20(17)8-13-3-5-18-6-4-13;2*3-2(4,5)1(6)7/h1-7,14,16H,8-12H2;2*(H,6,7)/t14-,16-;;/m0../s1. The normalized spacial score (nSPS) is 19.6. The number of carbonyl (C=O) groups is 3. The first-order chi connectivity index (χ1) is 16.7. The third-order valence-electron chi connectivity index (χ3n) is 5.17. The summed E-state index contributed by atoms with van der Waals surface area (Å²) in [4.78, 5) is 40.3. The van der Waals surface area contributed by atoms with Crippen molar-refractivity contribution in [3.8, 4) is 0 Å². The number of halogens is 6. The highest BCUT2D eigenvalue weighted by molar-refractivity contribution is 7.09. The monoisotopic (exact) mass is 541 g/mol. The zero-order valence-electron chi connectivity index (χ0n) is 18.4. The number of hydrogen-bond acceptors (Lipinski definition) is 6. The quantitative estimate of drug-likeness (QED) is 0.570. The van der Waals surface area contributed by atoms with Gasteiger partial charge in [0.2, 0.25) is 5.91 Å². The summed E-state index contributed by atoms with van der Waals surface area (Å²) >= 11 is 1.80. The number of pyridine rings is 1. The third-order valence-corrected chi connectivity index (χ3v) is 6.03. The van der Waals surface area contributed by atoms with Crippen LogP contribution < -0.4 is 0 Å². The van der Waals surface area contributed by atoms with E-state index in [0.29, 0.717) is 11.8 Å². The molecule has 4 rings (SSSR count). The molecular weight excluding hydrogens is 520 g/mol. The van der Waals surface area contributed by atoms with Gasteiger partial charge in [0.25, 0.3) is 0 Å². The predicted molar refractivity (Wildman–Crippen MR) is 114 cm³/mol. The largest absolute Gasteiger partial charge is 0.490 e. The number of carbonyl (C=O) groups excluding carboxylic acids is 1. The Morgan fingerprint density at radius 2 is 1.50 bits per heavy atom. The van der Waals surface area contributed by atoms with E-state index in [1.807, 2.05) is 17.0 Å². The minimum atomic E-state index is -5.08. The molecule has 0 bridgehead atoms. The van der Waals surface area contributed by atoms with Crippen LogP contribution in [0.1, 0.15) is 10.4 Å². The first kappa shape index (κ1) is 29.0. The number of alkyl halides is 6. The van der Waals surface area contributed by atoms with E-state index in [1.54, 1.807) is 23.7 Å². The second-order valence-corrected chi connectivity index (χ2v) is 8.85. The number of nitrogens with zero attached hydrogens (tertiary/aromatic N) is 3. The molecule has 1 amide bonds. The molecule has 0 aromatic carbocycles. The van der Waals surface area contributed by atoms with Crippen LogP contribution in [0.5, 0.6) is 0 Å². The van der Waals surface area contributed by atoms with Crippen LogP contribution in [0.3, 0.4) is 0 Å². The van der Waals surface area contributed by atoms with E-state index >= 15 is 0 Å². The number of fused-ring (bicyclic) bond motifs is 1. The topological polar surface area (TPSA) is 111 Å². The molecule has 0 saturated carbocycles. The number of likely N-dealkylation sites (tertiary alicyclic amines) is 2. The van der Waals surface area contributed by atoms with Crippen LogP contribution in [0, 0.1) is 11.8 Å². The van der Waals surface area contributed by atoms with Crippen molar-refractivity contribution in [3.05, 3.63) is 52.5 Å². The third kappa shape index (κ3) is 8.78. The lowest BCUT2D eigenvalue weighted by Gasteiger charge is -2.21. The maximum absolute atomic E-state index is 12.6. The van der Waals surface area contributed by atoms with Crippen LogP contribution in [0.25, 0.3) is 0 Å². The Kier molecular flexibility index (Phi) is 9.81. The molecule has 0 radical (unpaired) electrons. The van der Waals surface area contributed by atoms with Gasteiger partial charge in [-0.2, -0.15) is 26.3 Å². The molecule has 4 heterocycles. The number of carboxylic acids is 2. The molecular formula is C21H21F6N3O5S. The van der Waals surface area contributed by atoms with Crippen LogP contribution in [0.2, 0.25) is 0 Å². The number of amides is 1. The summed E-state index contributed by atoms with van der Waals surface area (Å²) in [7, 11) is 0. The van der Waals surface area contributed by atoms with E-state index in [1.165, 1.54) is 10.4 Å². The molecule has 0 unspecified atom stereocenters. The van der Waals surface area contributed by atoms with Gasteiger partial charge in [-0.1, -0.05) is 6.07 Å². The molecule has 0 spiro atoms. The summed E-state index contributed by atoms with van der Waals surface area (Å²) in [6, 6.07) is 8.25. The van der Waals surface area contributed by atoms with Crippen LogP contribution in [0.15, 0.2) is 42.0 Å². The predicted octanol–water partition coefficient (Wildman–Crippen LogP) is 3.50. The molecule has 36 heavy (non-hydrogen) atoms. The fourth-order valence-electron chi connectivity index (χ4n) is 3.64. The van der Waals surface area contributed by atoms with Crippen molar-refractivity contribution >= 4 is 29.2 Å². The highest BCUT2D eigenvalue weighted by Gasteiger charge is 2.46. The fraction of sp³-hybridized carbons (Fsp3) is 0.429. The maximum Gasteiger partial charge on any atom is 0.490 e. The highest BCUT2D eigenvalue weighted by atomic mass is 32.1. The number of carboxylic acid groups (broad SMARTS) is 2. The van der Waals surface area contributed by atoms with Gasteiger partial charge < -0.3 is 15.1 Å². The summed E-state index contributed by atoms with van der Waals surface area (Å²) in [5.74, 6) is -4.49. The Morgan fingerprint density at radius 1 is 0.944 bits per heavy atom. The van der Waals surface area contributed by atoms with Gasteiger partial charge in [0.05, 0.1) is 5.92 Å². The molecule has 2 saturated heterocycles. The van der Waals surface area contributed by atoms with Gasteiger partial charge in [0.15, 0.2) is 0 Å². The van der Waals surface area contributed by atoms with Gasteiger partial charge in [0.1, 0.15) is 0 Å². The SMILES string of the molecule is O=C(O)C(F)(F)F.O=C(O)C(F)(F)F.O=C1[C@H]2CN(Cc3cccs3)C[C@H]2CN1Cc1ccncc1. The van der Waals surface area contributed by atoms with Crippen LogP contribution in [-0.4, -0.2) is 74.8 Å². The lowest BCUT2D eigenvalue weighted by atomic mass is 10.0. The van der Waals surface area contributed by atoms with Crippen LogP contribution in [-0.2, 0) is 27.5 Å². The summed E-state index contributed by atoms with van der Waals surface area (Å²) in [6.45, 7) is 4.56. The Balaban J connectivity index is 0.000000271. The lowest BCUT2D eigenvalue weighted by molar-refractivity contribution is -0.193. The van der Waals surface area contributed by atoms with Crippen LogP contribution >= 0.6 is 11.3 Å². The summed E-state index contributed by atoms with van der Waals surface area (Å²) in [5.41, 5.74) is 1.17. The minimum absolute atomic E-state index is 0.196. The minimum Gasteiger partial charge on any atom is -0.475 e. The van der Waals surface area contributed by atoms with E-state index < -0.39 is 24.3 Å². The number of rotatable bonds is 4. The van der Waals surface area contributed by atoms with Crippen molar-refractivity contribution in [3.63, 3.8) is 0 Å². The smallest absolute Gasteiger partial charge is 0.475 e. The molecule has 2 aromatic heterocycles. The second kappa shape index (κ2) is 12.2. The lowest BCUT2D eigenvalue weighted by Crippen LogP contribution is -2.32. The highest BCUT2D eigenvalue weighted by Crippen LogP contribution is 2.34. The molecule has 2 aliphatic rings. The molecule has 2 atom stereocenters. The molecule has 198 valence electrons. The van der Waals surface area contributed by atoms with Gasteiger partial charge in [-0.3, -0.25) is 14.7 Å². The first-order valence-corrected chi connectivity index (χ1v) is 11.1. The zero-order valence-corrected chi connectivity index (χ0v) is 19.2. The second-order valence-electron chi connectivity index (χ2n) is 7.82. The Labute approximate surface area is 204 Å². The molecule has 2 aliphatic heterocycles. The molecule has 2 fully saturated rings. The van der Waals surface area contributed by atoms with Gasteiger partial charge in [-0.05, 0) is 29.1 Å². The number of thiophene rings is 1. The van der Waals surface area contributed by atoms with Crippen LogP contribution in [0.4, 0.5) is 26.3 Å². The van der Waals surface area contributed by atoms with Gasteiger partial charge in [-0.25, -0.2) is 9.59 Å². The van der Waals surface area contributed by atoms with Crippen molar-refractivity contribution in [1.29, 1.82) is 0 Å². The summed E-state index contributed by atoms with van der Waals surface area (Å²) < 4.78 is 63.5. The van der Waals surface area contributed by atoms with Gasteiger partial charge >= 0.3 is 24.3 Å². The van der Waals surface area contributed by atoms with Crippen molar-refractivity contribution in [1.82, 2.24) is 14.8 Å². The molecule has 0 aliphatic carbocycles. The number of aliphatic carboxylic acids is 2. The number of aromatic nitrogens is 1. The van der Waals surface area contributed by atoms with E-state index in [4.69, 9.17) is 19.8 Å². The average Bonchev–Trinajstić information content (AvgIpc) is 3.48. The molecule has 2 aromatic rings. The van der Waals surface area contributed by atoms with Gasteiger partial charge in [0, 0.05) is 55.9 Å². The maximum atomic E-state index is 12.6. The summed E-state index contributed by atoms with van der Waals surface area (Å²) in [6.07, 6.45) is -6.58. The fourth-order valence-corrected chi connectivity index (χ4v) is 4.38. The van der Waals surface area contributed by atoms with Crippen molar-refractivity contribution < 1.29 is 50.9 Å². The molecule has 15 heteroatoms. The van der Waals surface area contributed by atoms with E-state index in [9.17, 15) is 31.1 Å². The van der Waals surface area contributed by atoms with Crippen molar-refractivity contribution in [2.24, 2.45) is 11.8 Å². The summed E-state index contributed by atoms with van der Waals surface area (Å²) in [5, 5.41) is 16.4. The average molecular weight is 541 g/mol. The van der Waals surface area contributed by atoms with E-state index in [-0.39, 0.29) is 5.92 Å². The first-order valence-electron chi connectivity index (χ1n) is 10.2. The molecule has 2 N–H and O–H groups in total. The Bertz CT molecular complexity index is 993. The van der Waals surface area contributed by atoms with Gasteiger partial charge in [-0.15, -0.1) is 11.3 Å². The van der Waals surface area contributed by atoms with E-state index in [0.717, 1.165) is 32.7 Å². The van der Waals surface area contributed by atoms with Crippen molar-refractivity contribution in [2.45, 2.75) is 25.4 Å². The Morgan fingerprint density at radius 3 is 1.94 bits per heavy atom. The number of hydrogen-bond donors (Lipinski definition) is 2. The molecule has 8 nitrogen and oxygen atoms in total. The zero-order chi connectivity index (χ0) is 27.1.